The smallest absolute Gasteiger partial charge is 0.451 e. The number of halogens is 5. The molecule has 0 saturated carbocycles. The van der Waals surface area contributed by atoms with E-state index in [1.165, 1.54) is 7.11 Å². The number of carbonyl (C=O) groups excluding carboxylic acids is 2. The number of hydrogen-bond donors (Lipinski definition) is 0. The first-order chi connectivity index (χ1) is 17.9. The molecular weight excluding hydrogens is 652 g/mol. The summed E-state index contributed by atoms with van der Waals surface area (Å²) in [6, 6.07) is 6.46. The third kappa shape index (κ3) is 6.37. The van der Waals surface area contributed by atoms with E-state index in [0.29, 0.717) is 59.9 Å². The molecule has 1 amide bonds. The minimum atomic E-state index is -3.32. The van der Waals surface area contributed by atoms with Gasteiger partial charge in [0.25, 0.3) is 5.91 Å². The van der Waals surface area contributed by atoms with Gasteiger partial charge in [0.05, 0.1) is 45.8 Å². The summed E-state index contributed by atoms with van der Waals surface area (Å²) in [6.45, 7) is 2.88. The maximum Gasteiger partial charge on any atom is 0.451 e. The summed E-state index contributed by atoms with van der Waals surface area (Å²) in [4.78, 5) is 26.7. The molecule has 1 aliphatic heterocycles. The predicted octanol–water partition coefficient (Wildman–Crippen LogP) is 7.16. The third-order valence-corrected chi connectivity index (χ3v) is 7.95. The van der Waals surface area contributed by atoms with Crippen molar-refractivity contribution in [2.45, 2.75) is 36.7 Å². The molecule has 1 aromatic heterocycles. The lowest BCUT2D eigenvalue weighted by Crippen LogP contribution is -2.39. The summed E-state index contributed by atoms with van der Waals surface area (Å²) in [6.07, 6.45) is 4.02. The van der Waals surface area contributed by atoms with E-state index >= 15 is 0 Å². The van der Waals surface area contributed by atoms with Crippen molar-refractivity contribution in [3.05, 3.63) is 62.8 Å². The van der Waals surface area contributed by atoms with Crippen molar-refractivity contribution in [1.29, 1.82) is 0 Å². The molecule has 1 aliphatic rings. The molecule has 1 fully saturated rings. The van der Waals surface area contributed by atoms with Gasteiger partial charge in [0.1, 0.15) is 5.75 Å². The zero-order chi connectivity index (χ0) is 27.8. The number of fused-ring (bicyclic) bond motifs is 1. The molecular formula is C27H27Cl2F2IN2O4. The van der Waals surface area contributed by atoms with Gasteiger partial charge in [0, 0.05) is 55.7 Å². The normalized spacial score (nSPS) is 14.7. The van der Waals surface area contributed by atoms with Crippen LogP contribution in [0.3, 0.4) is 0 Å². The molecule has 0 bridgehead atoms. The van der Waals surface area contributed by atoms with E-state index in [2.05, 4.69) is 0 Å². The zero-order valence-corrected chi connectivity index (χ0v) is 24.8. The van der Waals surface area contributed by atoms with Crippen molar-refractivity contribution in [2.75, 3.05) is 20.2 Å². The van der Waals surface area contributed by atoms with E-state index in [0.717, 1.165) is 44.6 Å². The Bertz CT molecular complexity index is 1380. The molecule has 0 atom stereocenters. The van der Waals surface area contributed by atoms with Crippen LogP contribution in [-0.2, 0) is 23.0 Å². The average molecular weight is 679 g/mol. The number of esters is 1. The van der Waals surface area contributed by atoms with Gasteiger partial charge in [-0.3, -0.25) is 9.59 Å². The average Bonchev–Trinajstić information content (AvgIpc) is 3.16. The zero-order valence-electron chi connectivity index (χ0n) is 21.1. The van der Waals surface area contributed by atoms with E-state index in [1.54, 1.807) is 29.2 Å². The summed E-state index contributed by atoms with van der Waals surface area (Å²) in [7, 11) is 3.20. The minimum absolute atomic E-state index is 0.0705. The fourth-order valence-corrected chi connectivity index (χ4v) is 5.91. The van der Waals surface area contributed by atoms with Crippen molar-refractivity contribution in [1.82, 2.24) is 9.47 Å². The van der Waals surface area contributed by atoms with E-state index < -0.39 is 4.12 Å². The van der Waals surface area contributed by atoms with Gasteiger partial charge in [-0.25, -0.2) is 0 Å². The van der Waals surface area contributed by atoms with E-state index in [4.69, 9.17) is 32.7 Å². The molecule has 0 radical (unpaired) electrons. The molecule has 3 aromatic rings. The second-order valence-electron chi connectivity index (χ2n) is 9.53. The first-order valence-electron chi connectivity index (χ1n) is 12.0. The number of carbonyl (C=O) groups is 2. The molecule has 0 N–H and O–H groups in total. The van der Waals surface area contributed by atoms with E-state index in [1.807, 2.05) is 24.7 Å². The van der Waals surface area contributed by atoms with Crippen LogP contribution in [0, 0.1) is 12.8 Å². The van der Waals surface area contributed by atoms with Crippen molar-refractivity contribution >= 4 is 68.6 Å². The monoisotopic (exact) mass is 678 g/mol. The highest BCUT2D eigenvalue weighted by atomic mass is 127. The summed E-state index contributed by atoms with van der Waals surface area (Å²) in [5.74, 6) is -0.164. The highest BCUT2D eigenvalue weighted by Crippen LogP contribution is 2.37. The fraction of sp³-hybridized carbons (Fsp3) is 0.407. The molecule has 0 spiro atoms. The van der Waals surface area contributed by atoms with Gasteiger partial charge in [-0.2, -0.15) is 8.78 Å². The minimum Gasteiger partial charge on any atom is -0.469 e. The molecule has 0 aliphatic carbocycles. The van der Waals surface area contributed by atoms with Crippen LogP contribution in [-0.4, -0.2) is 45.7 Å². The Kier molecular flexibility index (Phi) is 8.78. The molecule has 2 aromatic carbocycles. The van der Waals surface area contributed by atoms with Gasteiger partial charge in [-0.15, -0.1) is 0 Å². The van der Waals surface area contributed by atoms with Gasteiger partial charge < -0.3 is 18.9 Å². The number of ether oxygens (including phenoxy) is 2. The summed E-state index contributed by atoms with van der Waals surface area (Å²) < 4.78 is 34.9. The number of hydrogen-bond acceptors (Lipinski definition) is 4. The molecule has 6 nitrogen and oxygen atoms in total. The van der Waals surface area contributed by atoms with Crippen LogP contribution in [0.2, 0.25) is 10.0 Å². The molecule has 4 rings (SSSR count). The lowest BCUT2D eigenvalue weighted by molar-refractivity contribution is -0.142. The van der Waals surface area contributed by atoms with Gasteiger partial charge in [-0.05, 0) is 60.6 Å². The standard InChI is InChI=1S/C27H27Cl2F2IN2O4/c1-15-10-18(38-27(30,31)32)13-22-24(15)17(14-33(22)2)12-20-21(28)5-4-19(25(20)29)26(36)34-8-6-16(7-9-34)11-23(35)37-3/h4-5,10,13-14,16H,6-9,11-12H2,1-3H3. The Morgan fingerprint density at radius 2 is 1.87 bits per heavy atom. The van der Waals surface area contributed by atoms with Gasteiger partial charge in [-0.1, -0.05) is 23.2 Å². The van der Waals surface area contributed by atoms with Crippen LogP contribution in [0.25, 0.3) is 10.9 Å². The molecule has 2 heterocycles. The fourth-order valence-electron chi connectivity index (χ4n) is 5.07. The van der Waals surface area contributed by atoms with Crippen LogP contribution in [0.5, 0.6) is 5.75 Å². The summed E-state index contributed by atoms with van der Waals surface area (Å²) in [5.41, 5.74) is 3.37. The first kappa shape index (κ1) is 28.9. The Morgan fingerprint density at radius 1 is 1.18 bits per heavy atom. The highest BCUT2D eigenvalue weighted by molar-refractivity contribution is 14.1. The third-order valence-electron chi connectivity index (χ3n) is 6.94. The topological polar surface area (TPSA) is 60.8 Å². The van der Waals surface area contributed by atoms with Crippen molar-refractivity contribution in [2.24, 2.45) is 13.0 Å². The van der Waals surface area contributed by atoms with Crippen molar-refractivity contribution in [3.8, 4) is 5.75 Å². The SMILES string of the molecule is COC(=O)CC1CCN(C(=O)c2ccc(Cl)c(Cc3cn(C)c4cc(OC(F)(F)I)cc(C)c34)c2Cl)CC1. The first-order valence-corrected chi connectivity index (χ1v) is 13.9. The second-order valence-corrected chi connectivity index (χ2v) is 11.6. The largest absolute Gasteiger partial charge is 0.469 e. The Labute approximate surface area is 243 Å². The Balaban J connectivity index is 1.59. The number of benzene rings is 2. The molecule has 38 heavy (non-hydrogen) atoms. The maximum atomic E-state index is 13.4. The summed E-state index contributed by atoms with van der Waals surface area (Å²) in [5, 5.41) is 1.61. The van der Waals surface area contributed by atoms with Gasteiger partial charge >= 0.3 is 10.1 Å². The van der Waals surface area contributed by atoms with Crippen LogP contribution in [0.1, 0.15) is 46.3 Å². The van der Waals surface area contributed by atoms with Gasteiger partial charge in [0.2, 0.25) is 0 Å². The number of aryl methyl sites for hydroxylation is 2. The lowest BCUT2D eigenvalue weighted by Gasteiger charge is -2.32. The predicted molar refractivity (Wildman–Crippen MR) is 152 cm³/mol. The number of aromatic nitrogens is 1. The van der Waals surface area contributed by atoms with Crippen LogP contribution < -0.4 is 4.74 Å². The quantitative estimate of drug-likeness (QED) is 0.151. The van der Waals surface area contributed by atoms with Gasteiger partial charge in [0.15, 0.2) is 0 Å². The number of amides is 1. The number of piperidine rings is 1. The second kappa shape index (κ2) is 11.6. The van der Waals surface area contributed by atoms with Crippen LogP contribution in [0.4, 0.5) is 8.78 Å². The highest BCUT2D eigenvalue weighted by Gasteiger charge is 2.29. The van der Waals surface area contributed by atoms with E-state index in [9.17, 15) is 18.4 Å². The van der Waals surface area contributed by atoms with E-state index in [-0.39, 0.29) is 23.5 Å². The van der Waals surface area contributed by atoms with Crippen LogP contribution in [0.15, 0.2) is 30.5 Å². The number of nitrogens with zero attached hydrogens (tertiary/aromatic N) is 2. The molecule has 0 unspecified atom stereocenters. The van der Waals surface area contributed by atoms with Crippen molar-refractivity contribution in [3.63, 3.8) is 0 Å². The number of alkyl halides is 3. The van der Waals surface area contributed by atoms with Crippen molar-refractivity contribution < 1.29 is 27.8 Å². The number of rotatable bonds is 7. The van der Waals surface area contributed by atoms with Crippen LogP contribution >= 0.6 is 45.8 Å². The summed E-state index contributed by atoms with van der Waals surface area (Å²) >= 11 is 14.3. The lowest BCUT2D eigenvalue weighted by atomic mass is 9.93. The maximum absolute atomic E-state index is 13.4. The molecule has 11 heteroatoms. The molecule has 204 valence electrons. The number of methoxy groups -OCH3 is 1. The Morgan fingerprint density at radius 3 is 2.50 bits per heavy atom. The molecule has 1 saturated heterocycles. The number of likely N-dealkylation sites (tertiary alicyclic amines) is 1. The Hall–Kier alpha value is -2.11.